The second-order valence-electron chi connectivity index (χ2n) is 5.74. The van der Waals surface area contributed by atoms with Gasteiger partial charge in [-0.15, -0.1) is 0 Å². The summed E-state index contributed by atoms with van der Waals surface area (Å²) in [4.78, 5) is 8.64. The smallest absolute Gasteiger partial charge is 0.178 e. The molecule has 2 aromatic rings. The Labute approximate surface area is 134 Å². The first kappa shape index (κ1) is 16.0. The summed E-state index contributed by atoms with van der Waals surface area (Å²) in [6, 6.07) is 6.22. The van der Waals surface area contributed by atoms with E-state index in [1.807, 2.05) is 0 Å². The van der Waals surface area contributed by atoms with E-state index < -0.39 is 15.7 Å². The topological polar surface area (TPSA) is 72.0 Å². The molecule has 7 heteroatoms. The third-order valence-corrected chi connectivity index (χ3v) is 5.09. The Balaban J connectivity index is 2.13. The molecule has 0 radical (unpaired) electrons. The molecule has 3 rings (SSSR count). The largest absolute Gasteiger partial charge is 0.316 e. The lowest BCUT2D eigenvalue weighted by molar-refractivity contribution is 0.448. The van der Waals surface area contributed by atoms with Gasteiger partial charge in [0.25, 0.3) is 0 Å². The van der Waals surface area contributed by atoms with Crippen molar-refractivity contribution in [3.63, 3.8) is 0 Å². The van der Waals surface area contributed by atoms with Crippen LogP contribution in [0.25, 0.3) is 11.4 Å². The molecule has 0 unspecified atom stereocenters. The van der Waals surface area contributed by atoms with E-state index in [0.29, 0.717) is 12.2 Å². The number of nitrogens with one attached hydrogen (secondary N) is 1. The summed E-state index contributed by atoms with van der Waals surface area (Å²) in [6.07, 6.45) is 4.25. The van der Waals surface area contributed by atoms with Crippen molar-refractivity contribution < 1.29 is 12.8 Å². The van der Waals surface area contributed by atoms with Crippen molar-refractivity contribution >= 4 is 9.84 Å². The van der Waals surface area contributed by atoms with Gasteiger partial charge >= 0.3 is 0 Å². The fourth-order valence-electron chi connectivity index (χ4n) is 2.82. The number of nitrogens with zero attached hydrogens (tertiary/aromatic N) is 2. The van der Waals surface area contributed by atoms with Gasteiger partial charge in [-0.1, -0.05) is 12.1 Å². The number of sulfone groups is 1. The lowest BCUT2D eigenvalue weighted by Gasteiger charge is -2.24. The van der Waals surface area contributed by atoms with Crippen LogP contribution in [0.4, 0.5) is 4.39 Å². The molecule has 1 N–H and O–H groups in total. The lowest BCUT2D eigenvalue weighted by Crippen LogP contribution is -2.30. The average molecular weight is 335 g/mol. The second kappa shape index (κ2) is 6.33. The van der Waals surface area contributed by atoms with E-state index >= 15 is 0 Å². The minimum absolute atomic E-state index is 0.0120. The molecule has 122 valence electrons. The van der Waals surface area contributed by atoms with E-state index in [9.17, 15) is 12.8 Å². The van der Waals surface area contributed by atoms with Gasteiger partial charge in [0.05, 0.1) is 11.3 Å². The zero-order valence-corrected chi connectivity index (χ0v) is 13.6. The summed E-state index contributed by atoms with van der Waals surface area (Å²) < 4.78 is 38.0. The first-order chi connectivity index (χ1) is 11.0. The fraction of sp³-hybridized carbons (Fsp3) is 0.375. The Morgan fingerprint density at radius 1 is 1.30 bits per heavy atom. The molecule has 1 aromatic heterocycles. The Kier molecular flexibility index (Phi) is 4.41. The van der Waals surface area contributed by atoms with Crippen LogP contribution in [0.1, 0.15) is 24.5 Å². The maximum absolute atomic E-state index is 14.0. The van der Waals surface area contributed by atoms with Crippen LogP contribution in [0, 0.1) is 5.82 Å². The van der Waals surface area contributed by atoms with E-state index in [1.165, 1.54) is 12.3 Å². The predicted octanol–water partition coefficient (Wildman–Crippen LogP) is 2.15. The highest BCUT2D eigenvalue weighted by Gasteiger charge is 2.25. The van der Waals surface area contributed by atoms with E-state index in [0.717, 1.165) is 25.6 Å². The summed E-state index contributed by atoms with van der Waals surface area (Å²) >= 11 is 0. The SMILES string of the molecule is CS(=O)(=O)c1cnc(-c2ccccc2F)nc1[C@@H]1CCCNC1. The van der Waals surface area contributed by atoms with Crippen molar-refractivity contribution in [1.29, 1.82) is 0 Å². The molecule has 0 saturated carbocycles. The molecule has 1 aliphatic rings. The van der Waals surface area contributed by atoms with Gasteiger partial charge in [-0.2, -0.15) is 0 Å². The number of halogens is 1. The van der Waals surface area contributed by atoms with Crippen LogP contribution in [-0.4, -0.2) is 37.7 Å². The first-order valence-electron chi connectivity index (χ1n) is 7.49. The summed E-state index contributed by atoms with van der Waals surface area (Å²) in [5.74, 6) is -0.217. The summed E-state index contributed by atoms with van der Waals surface area (Å²) in [5.41, 5.74) is 0.755. The molecule has 1 saturated heterocycles. The van der Waals surface area contributed by atoms with E-state index in [4.69, 9.17) is 0 Å². The zero-order chi connectivity index (χ0) is 16.4. The van der Waals surface area contributed by atoms with Crippen LogP contribution in [0.5, 0.6) is 0 Å². The third-order valence-electron chi connectivity index (χ3n) is 3.98. The van der Waals surface area contributed by atoms with Crippen LogP contribution >= 0.6 is 0 Å². The van der Waals surface area contributed by atoms with Crippen molar-refractivity contribution in [2.45, 2.75) is 23.7 Å². The highest BCUT2D eigenvalue weighted by Crippen LogP contribution is 2.29. The van der Waals surface area contributed by atoms with Gasteiger partial charge in [-0.25, -0.2) is 22.8 Å². The molecule has 2 heterocycles. The quantitative estimate of drug-likeness (QED) is 0.930. The first-order valence-corrected chi connectivity index (χ1v) is 9.38. The van der Waals surface area contributed by atoms with Crippen molar-refractivity contribution in [1.82, 2.24) is 15.3 Å². The van der Waals surface area contributed by atoms with Crippen molar-refractivity contribution in [2.24, 2.45) is 0 Å². The second-order valence-corrected chi connectivity index (χ2v) is 7.72. The third kappa shape index (κ3) is 3.40. The highest BCUT2D eigenvalue weighted by molar-refractivity contribution is 7.90. The molecule has 0 aliphatic carbocycles. The maximum atomic E-state index is 14.0. The molecule has 1 aliphatic heterocycles. The van der Waals surface area contributed by atoms with Gasteiger partial charge in [0, 0.05) is 24.9 Å². The lowest BCUT2D eigenvalue weighted by atomic mass is 9.96. The van der Waals surface area contributed by atoms with Crippen molar-refractivity contribution in [2.75, 3.05) is 19.3 Å². The maximum Gasteiger partial charge on any atom is 0.178 e. The Bertz CT molecular complexity index is 818. The molecule has 0 bridgehead atoms. The number of hydrogen-bond acceptors (Lipinski definition) is 5. The predicted molar refractivity (Wildman–Crippen MR) is 85.4 cm³/mol. The van der Waals surface area contributed by atoms with Gasteiger partial charge in [0.15, 0.2) is 15.7 Å². The molecule has 0 amide bonds. The van der Waals surface area contributed by atoms with Crippen LogP contribution in [0.2, 0.25) is 0 Å². The average Bonchev–Trinajstić information content (AvgIpc) is 2.55. The molecule has 0 spiro atoms. The molecular weight excluding hydrogens is 317 g/mol. The standard InChI is InChI=1S/C16H18FN3O2S/c1-23(21,22)14-10-19-16(12-6-2-3-7-13(12)17)20-15(14)11-5-4-8-18-9-11/h2-3,6-7,10-11,18H,4-5,8-9H2,1H3/t11-/m1/s1. The number of piperidine rings is 1. The Morgan fingerprint density at radius 2 is 2.09 bits per heavy atom. The highest BCUT2D eigenvalue weighted by atomic mass is 32.2. The normalized spacial score (nSPS) is 18.8. The van der Waals surface area contributed by atoms with Crippen LogP contribution < -0.4 is 5.32 Å². The van der Waals surface area contributed by atoms with Crippen molar-refractivity contribution in [3.05, 3.63) is 42.0 Å². The molecule has 1 fully saturated rings. The molecule has 5 nitrogen and oxygen atoms in total. The van der Waals surface area contributed by atoms with E-state index in [1.54, 1.807) is 18.2 Å². The number of rotatable bonds is 3. The minimum Gasteiger partial charge on any atom is -0.316 e. The number of aromatic nitrogens is 2. The fourth-order valence-corrected chi connectivity index (χ4v) is 3.66. The van der Waals surface area contributed by atoms with Crippen molar-refractivity contribution in [3.8, 4) is 11.4 Å². The Morgan fingerprint density at radius 3 is 2.74 bits per heavy atom. The van der Waals surface area contributed by atoms with Gasteiger partial charge < -0.3 is 5.32 Å². The van der Waals surface area contributed by atoms with E-state index in [2.05, 4.69) is 15.3 Å². The zero-order valence-electron chi connectivity index (χ0n) is 12.8. The van der Waals surface area contributed by atoms with Gasteiger partial charge in [0.1, 0.15) is 10.7 Å². The van der Waals surface area contributed by atoms with Gasteiger partial charge in [0.2, 0.25) is 0 Å². The number of benzene rings is 1. The molecule has 1 aromatic carbocycles. The summed E-state index contributed by atoms with van der Waals surface area (Å²) in [5, 5.41) is 3.25. The molecule has 23 heavy (non-hydrogen) atoms. The van der Waals surface area contributed by atoms with Gasteiger partial charge in [-0.3, -0.25) is 0 Å². The van der Waals surface area contributed by atoms with Crippen LogP contribution in [0.15, 0.2) is 35.4 Å². The van der Waals surface area contributed by atoms with Gasteiger partial charge in [-0.05, 0) is 31.5 Å². The molecular formula is C16H18FN3O2S. The summed E-state index contributed by atoms with van der Waals surface area (Å²) in [7, 11) is -3.44. The molecule has 1 atom stereocenters. The Hall–Kier alpha value is -1.86. The van der Waals surface area contributed by atoms with E-state index in [-0.39, 0.29) is 22.2 Å². The van der Waals surface area contributed by atoms with Crippen LogP contribution in [0.3, 0.4) is 0 Å². The summed E-state index contributed by atoms with van der Waals surface area (Å²) in [6.45, 7) is 1.58. The van der Waals surface area contributed by atoms with Crippen LogP contribution in [-0.2, 0) is 9.84 Å². The number of hydrogen-bond donors (Lipinski definition) is 1. The minimum atomic E-state index is -3.44. The monoisotopic (exact) mass is 335 g/mol.